The number of aromatic nitrogens is 1. The lowest BCUT2D eigenvalue weighted by Gasteiger charge is -2.27. The summed E-state index contributed by atoms with van der Waals surface area (Å²) in [6.07, 6.45) is 3.08. The summed E-state index contributed by atoms with van der Waals surface area (Å²) in [7, 11) is 3.88. The third-order valence-corrected chi connectivity index (χ3v) is 3.78. The lowest BCUT2D eigenvalue weighted by Crippen LogP contribution is -2.42. The largest absolute Gasteiger partial charge is 0.397 e. The zero-order valence-corrected chi connectivity index (χ0v) is 14.4. The summed E-state index contributed by atoms with van der Waals surface area (Å²) in [6.45, 7) is 2.00. The highest BCUT2D eigenvalue weighted by Crippen LogP contribution is 2.32. The molecular weight excluding hydrogens is 302 g/mol. The molecule has 0 bridgehead atoms. The number of benzene rings is 1. The van der Waals surface area contributed by atoms with E-state index in [2.05, 4.69) is 4.98 Å². The molecule has 128 valence electrons. The van der Waals surface area contributed by atoms with Crippen LogP contribution in [0.3, 0.4) is 0 Å². The molecule has 0 aliphatic carbocycles. The Bertz CT molecular complexity index is 687. The molecule has 0 saturated heterocycles. The highest BCUT2D eigenvalue weighted by atomic mass is 16.2. The highest BCUT2D eigenvalue weighted by Gasteiger charge is 2.26. The Morgan fingerprint density at radius 2 is 2.00 bits per heavy atom. The van der Waals surface area contributed by atoms with Crippen molar-refractivity contribution < 1.29 is 4.79 Å². The number of carbonyl (C=O) groups excluding carboxylic acids is 1. The molecule has 1 aromatic carbocycles. The van der Waals surface area contributed by atoms with Crippen LogP contribution in [-0.4, -0.2) is 31.0 Å². The van der Waals surface area contributed by atoms with Gasteiger partial charge in [-0.05, 0) is 36.8 Å². The van der Waals surface area contributed by atoms with Gasteiger partial charge in [-0.1, -0.05) is 19.4 Å². The minimum atomic E-state index is -0.593. The first-order valence-corrected chi connectivity index (χ1v) is 8.03. The van der Waals surface area contributed by atoms with Crippen molar-refractivity contribution in [1.29, 1.82) is 0 Å². The number of amides is 1. The van der Waals surface area contributed by atoms with Gasteiger partial charge in [-0.25, -0.2) is 4.98 Å². The number of nitrogen functional groups attached to an aromatic ring is 1. The quantitative estimate of drug-likeness (QED) is 0.796. The van der Waals surface area contributed by atoms with Crippen LogP contribution in [0, 0.1) is 0 Å². The molecule has 0 radical (unpaired) electrons. The van der Waals surface area contributed by atoms with Crippen molar-refractivity contribution in [2.75, 3.05) is 29.6 Å². The van der Waals surface area contributed by atoms with E-state index in [-0.39, 0.29) is 5.91 Å². The van der Waals surface area contributed by atoms with Gasteiger partial charge in [0.05, 0.1) is 17.4 Å². The lowest BCUT2D eigenvalue weighted by molar-refractivity contribution is -0.119. The zero-order chi connectivity index (χ0) is 17.7. The summed E-state index contributed by atoms with van der Waals surface area (Å²) in [6, 6.07) is 10.4. The molecule has 0 fully saturated rings. The number of anilines is 4. The van der Waals surface area contributed by atoms with E-state index in [0.29, 0.717) is 23.6 Å². The fourth-order valence-electron chi connectivity index (χ4n) is 2.47. The monoisotopic (exact) mass is 327 g/mol. The van der Waals surface area contributed by atoms with Crippen LogP contribution in [0.2, 0.25) is 0 Å². The molecule has 2 aromatic rings. The van der Waals surface area contributed by atoms with Crippen LogP contribution in [0.15, 0.2) is 42.6 Å². The van der Waals surface area contributed by atoms with Crippen molar-refractivity contribution in [1.82, 2.24) is 4.98 Å². The number of nitrogens with two attached hydrogens (primary N) is 2. The van der Waals surface area contributed by atoms with Crippen molar-refractivity contribution >= 4 is 28.8 Å². The van der Waals surface area contributed by atoms with E-state index < -0.39 is 6.04 Å². The summed E-state index contributed by atoms with van der Waals surface area (Å²) in [5.41, 5.74) is 14.3. The van der Waals surface area contributed by atoms with Gasteiger partial charge in [-0.15, -0.1) is 0 Å². The summed E-state index contributed by atoms with van der Waals surface area (Å²) < 4.78 is 0. The summed E-state index contributed by atoms with van der Waals surface area (Å²) in [4.78, 5) is 20.7. The van der Waals surface area contributed by atoms with E-state index in [1.54, 1.807) is 18.3 Å². The number of rotatable bonds is 6. The topological polar surface area (TPSA) is 88.5 Å². The lowest BCUT2D eigenvalue weighted by atomic mass is 10.1. The number of pyridine rings is 1. The van der Waals surface area contributed by atoms with Gasteiger partial charge in [-0.2, -0.15) is 0 Å². The predicted octanol–water partition coefficient (Wildman–Crippen LogP) is 2.52. The molecule has 1 amide bonds. The Hall–Kier alpha value is -2.60. The number of hydrogen-bond donors (Lipinski definition) is 2. The number of nitrogens with zero attached hydrogens (tertiary/aromatic N) is 3. The molecule has 1 atom stereocenters. The van der Waals surface area contributed by atoms with Crippen LogP contribution in [0.4, 0.5) is 22.9 Å². The minimum Gasteiger partial charge on any atom is -0.397 e. The van der Waals surface area contributed by atoms with Gasteiger partial charge in [0, 0.05) is 26.0 Å². The maximum atomic E-state index is 12.9. The van der Waals surface area contributed by atoms with Crippen molar-refractivity contribution in [3.05, 3.63) is 42.6 Å². The van der Waals surface area contributed by atoms with Gasteiger partial charge >= 0.3 is 0 Å². The van der Waals surface area contributed by atoms with Gasteiger partial charge in [0.1, 0.15) is 5.82 Å². The van der Waals surface area contributed by atoms with Crippen molar-refractivity contribution in [2.24, 2.45) is 5.73 Å². The molecule has 2 rings (SSSR count). The standard InChI is InChI=1S/C18H25N5O/c1-4-7-14(19)18(24)23(17-8-5-6-11-21-17)16-10-9-13(22(2)3)12-15(16)20/h5-6,8-12,14H,4,7,19-20H2,1-3H3. The summed E-state index contributed by atoms with van der Waals surface area (Å²) in [5.74, 6) is 0.304. The molecule has 6 heteroatoms. The molecule has 0 saturated carbocycles. The van der Waals surface area contributed by atoms with E-state index in [0.717, 1.165) is 12.1 Å². The molecular formula is C18H25N5O. The van der Waals surface area contributed by atoms with E-state index >= 15 is 0 Å². The second kappa shape index (κ2) is 7.79. The summed E-state index contributed by atoms with van der Waals surface area (Å²) >= 11 is 0. The fourth-order valence-corrected chi connectivity index (χ4v) is 2.47. The second-order valence-corrected chi connectivity index (χ2v) is 5.89. The first-order valence-electron chi connectivity index (χ1n) is 8.03. The Kier molecular flexibility index (Phi) is 5.76. The molecule has 1 heterocycles. The molecule has 1 aromatic heterocycles. The second-order valence-electron chi connectivity index (χ2n) is 5.89. The molecule has 24 heavy (non-hydrogen) atoms. The number of carbonyl (C=O) groups is 1. The Labute approximate surface area is 143 Å². The Balaban J connectivity index is 2.49. The van der Waals surface area contributed by atoms with Crippen LogP contribution in [0.5, 0.6) is 0 Å². The van der Waals surface area contributed by atoms with Gasteiger partial charge in [0.15, 0.2) is 0 Å². The maximum absolute atomic E-state index is 12.9. The van der Waals surface area contributed by atoms with Gasteiger partial charge in [0.25, 0.3) is 0 Å². The summed E-state index contributed by atoms with van der Waals surface area (Å²) in [5, 5.41) is 0. The predicted molar refractivity (Wildman–Crippen MR) is 99.4 cm³/mol. The highest BCUT2D eigenvalue weighted by molar-refractivity contribution is 6.05. The molecule has 6 nitrogen and oxygen atoms in total. The van der Waals surface area contributed by atoms with Crippen LogP contribution in [-0.2, 0) is 4.79 Å². The van der Waals surface area contributed by atoms with E-state index in [9.17, 15) is 4.79 Å². The molecule has 0 spiro atoms. The van der Waals surface area contributed by atoms with Crippen molar-refractivity contribution in [3.63, 3.8) is 0 Å². The fraction of sp³-hybridized carbons (Fsp3) is 0.333. The van der Waals surface area contributed by atoms with Crippen LogP contribution in [0.1, 0.15) is 19.8 Å². The third kappa shape index (κ3) is 3.83. The van der Waals surface area contributed by atoms with Gasteiger partial charge in [-0.3, -0.25) is 9.69 Å². The molecule has 4 N–H and O–H groups in total. The maximum Gasteiger partial charge on any atom is 0.249 e. The zero-order valence-electron chi connectivity index (χ0n) is 14.4. The normalized spacial score (nSPS) is 11.8. The Morgan fingerprint density at radius 3 is 2.54 bits per heavy atom. The number of hydrogen-bond acceptors (Lipinski definition) is 5. The molecule has 0 aliphatic rings. The van der Waals surface area contributed by atoms with Crippen LogP contribution >= 0.6 is 0 Å². The van der Waals surface area contributed by atoms with Crippen LogP contribution in [0.25, 0.3) is 0 Å². The average molecular weight is 327 g/mol. The average Bonchev–Trinajstić information content (AvgIpc) is 2.57. The van der Waals surface area contributed by atoms with E-state index in [1.807, 2.05) is 50.2 Å². The van der Waals surface area contributed by atoms with Crippen LogP contribution < -0.4 is 21.3 Å². The van der Waals surface area contributed by atoms with Gasteiger partial charge < -0.3 is 16.4 Å². The first kappa shape index (κ1) is 17.7. The van der Waals surface area contributed by atoms with Gasteiger partial charge in [0.2, 0.25) is 5.91 Å². The first-order chi connectivity index (χ1) is 11.5. The van der Waals surface area contributed by atoms with E-state index in [4.69, 9.17) is 11.5 Å². The smallest absolute Gasteiger partial charge is 0.249 e. The van der Waals surface area contributed by atoms with Crippen molar-refractivity contribution in [3.8, 4) is 0 Å². The molecule has 0 aliphatic heterocycles. The SMILES string of the molecule is CCCC(N)C(=O)N(c1ccccn1)c1ccc(N(C)C)cc1N. The third-order valence-electron chi connectivity index (χ3n) is 3.78. The minimum absolute atomic E-state index is 0.208. The van der Waals surface area contributed by atoms with Crippen molar-refractivity contribution in [2.45, 2.75) is 25.8 Å². The Morgan fingerprint density at radius 1 is 1.25 bits per heavy atom. The van der Waals surface area contributed by atoms with E-state index in [1.165, 1.54) is 4.90 Å². The molecule has 1 unspecified atom stereocenters.